The molecule has 2 aliphatic rings. The van der Waals surface area contributed by atoms with Gasteiger partial charge < -0.3 is 10.6 Å². The average molecular weight is 499 g/mol. The second-order valence-corrected chi connectivity index (χ2v) is 11.1. The van der Waals surface area contributed by atoms with Gasteiger partial charge in [0.15, 0.2) is 0 Å². The zero-order valence-corrected chi connectivity index (χ0v) is 20.7. The van der Waals surface area contributed by atoms with Crippen molar-refractivity contribution in [3.8, 4) is 0 Å². The summed E-state index contributed by atoms with van der Waals surface area (Å²) in [5, 5.41) is 5.25. The summed E-state index contributed by atoms with van der Waals surface area (Å²) >= 11 is 0. The van der Waals surface area contributed by atoms with Gasteiger partial charge in [-0.05, 0) is 37.5 Å². The van der Waals surface area contributed by atoms with Crippen molar-refractivity contribution in [2.75, 3.05) is 18.9 Å². The number of imide groups is 1. The van der Waals surface area contributed by atoms with Gasteiger partial charge in [-0.2, -0.15) is 4.31 Å². The summed E-state index contributed by atoms with van der Waals surface area (Å²) in [7, 11) is -2.29. The van der Waals surface area contributed by atoms with Gasteiger partial charge in [-0.15, -0.1) is 0 Å². The standard InChI is InChI=1S/C25H30N4O5S/c1-25(18-11-5-3-6-12-18)23(31)29(24(32)27-25)17-22(30)26-20-15-9-10-16-21(20)35(33,34)28(2)19-13-7-4-8-14-19/h3,5-6,9-12,15-16,19H,4,7-8,13-14,17H2,1-2H3,(H,26,30)(H,27,32). The second-order valence-electron chi connectivity index (χ2n) is 9.17. The molecule has 9 nitrogen and oxygen atoms in total. The minimum absolute atomic E-state index is 0.0206. The van der Waals surface area contributed by atoms with E-state index in [9.17, 15) is 22.8 Å². The Hall–Kier alpha value is -3.24. The molecule has 2 aromatic carbocycles. The highest BCUT2D eigenvalue weighted by molar-refractivity contribution is 7.89. The Morgan fingerprint density at radius 3 is 2.37 bits per heavy atom. The molecule has 186 valence electrons. The smallest absolute Gasteiger partial charge is 0.323 e. The Kier molecular flexibility index (Phi) is 6.95. The van der Waals surface area contributed by atoms with Crippen molar-refractivity contribution in [1.29, 1.82) is 0 Å². The van der Waals surface area contributed by atoms with Crippen LogP contribution < -0.4 is 10.6 Å². The second kappa shape index (κ2) is 9.79. The van der Waals surface area contributed by atoms with Crippen LogP contribution in [0.15, 0.2) is 59.5 Å². The van der Waals surface area contributed by atoms with Gasteiger partial charge in [0, 0.05) is 13.1 Å². The number of rotatable bonds is 7. The van der Waals surface area contributed by atoms with E-state index in [2.05, 4.69) is 10.6 Å². The molecule has 2 aromatic rings. The van der Waals surface area contributed by atoms with Crippen molar-refractivity contribution in [2.24, 2.45) is 0 Å². The van der Waals surface area contributed by atoms with E-state index < -0.39 is 40.0 Å². The van der Waals surface area contributed by atoms with Crippen molar-refractivity contribution in [3.63, 3.8) is 0 Å². The monoisotopic (exact) mass is 498 g/mol. The van der Waals surface area contributed by atoms with Crippen LogP contribution in [-0.2, 0) is 25.2 Å². The maximum Gasteiger partial charge on any atom is 0.325 e. The first-order valence-electron chi connectivity index (χ1n) is 11.7. The molecule has 1 heterocycles. The Morgan fingerprint density at radius 2 is 1.69 bits per heavy atom. The number of amides is 4. The largest absolute Gasteiger partial charge is 0.325 e. The van der Waals surface area contributed by atoms with E-state index >= 15 is 0 Å². The molecule has 0 aromatic heterocycles. The van der Waals surface area contributed by atoms with E-state index in [-0.39, 0.29) is 16.6 Å². The normalized spacial score (nSPS) is 21.3. The van der Waals surface area contributed by atoms with Gasteiger partial charge in [-0.25, -0.2) is 13.2 Å². The third-order valence-corrected chi connectivity index (χ3v) is 8.80. The zero-order valence-electron chi connectivity index (χ0n) is 19.9. The lowest BCUT2D eigenvalue weighted by molar-refractivity contribution is -0.133. The summed E-state index contributed by atoms with van der Waals surface area (Å²) in [6.45, 7) is 1.05. The molecule has 35 heavy (non-hydrogen) atoms. The van der Waals surface area contributed by atoms with Crippen LogP contribution in [0, 0.1) is 0 Å². The lowest BCUT2D eigenvalue weighted by Gasteiger charge is -2.31. The van der Waals surface area contributed by atoms with Crippen LogP contribution in [0.3, 0.4) is 0 Å². The summed E-state index contributed by atoms with van der Waals surface area (Å²) in [6.07, 6.45) is 4.67. The minimum Gasteiger partial charge on any atom is -0.323 e. The summed E-state index contributed by atoms with van der Waals surface area (Å²) in [4.78, 5) is 39.3. The Morgan fingerprint density at radius 1 is 1.06 bits per heavy atom. The van der Waals surface area contributed by atoms with Crippen LogP contribution in [0.2, 0.25) is 0 Å². The first-order valence-corrected chi connectivity index (χ1v) is 13.1. The topological polar surface area (TPSA) is 116 Å². The number of benzene rings is 2. The summed E-state index contributed by atoms with van der Waals surface area (Å²) in [6, 6.07) is 14.2. The van der Waals surface area contributed by atoms with Crippen molar-refractivity contribution >= 4 is 33.6 Å². The molecule has 4 amide bonds. The highest BCUT2D eigenvalue weighted by atomic mass is 32.2. The summed E-state index contributed by atoms with van der Waals surface area (Å²) in [5.74, 6) is -1.23. The van der Waals surface area contributed by atoms with Crippen LogP contribution in [0.4, 0.5) is 10.5 Å². The number of hydrogen-bond donors (Lipinski definition) is 2. The van der Waals surface area contributed by atoms with Gasteiger partial charge in [-0.3, -0.25) is 14.5 Å². The quantitative estimate of drug-likeness (QED) is 0.570. The fraction of sp³-hybridized carbons (Fsp3) is 0.400. The van der Waals surface area contributed by atoms with Crippen LogP contribution in [0.5, 0.6) is 0 Å². The van der Waals surface area contributed by atoms with Crippen molar-refractivity contribution < 1.29 is 22.8 Å². The Balaban J connectivity index is 1.50. The van der Waals surface area contributed by atoms with Crippen LogP contribution in [0.25, 0.3) is 0 Å². The highest BCUT2D eigenvalue weighted by Crippen LogP contribution is 2.31. The molecule has 1 saturated heterocycles. The molecule has 0 bridgehead atoms. The van der Waals surface area contributed by atoms with Gasteiger partial charge in [0.05, 0.1) is 5.69 Å². The molecule has 1 saturated carbocycles. The molecule has 2 fully saturated rings. The molecule has 1 unspecified atom stereocenters. The fourth-order valence-electron chi connectivity index (χ4n) is 4.73. The third-order valence-electron chi connectivity index (χ3n) is 6.83. The van der Waals surface area contributed by atoms with E-state index in [1.54, 1.807) is 56.4 Å². The summed E-state index contributed by atoms with van der Waals surface area (Å²) in [5.41, 5.74) is -0.579. The molecule has 0 spiro atoms. The van der Waals surface area contributed by atoms with E-state index in [1.807, 2.05) is 0 Å². The number of carbonyl (C=O) groups is 3. The molecule has 1 aliphatic heterocycles. The number of urea groups is 1. The lowest BCUT2D eigenvalue weighted by atomic mass is 9.92. The van der Waals surface area contributed by atoms with Crippen LogP contribution in [0.1, 0.15) is 44.6 Å². The van der Waals surface area contributed by atoms with Gasteiger partial charge in [0.25, 0.3) is 5.91 Å². The van der Waals surface area contributed by atoms with E-state index in [0.29, 0.717) is 5.56 Å². The van der Waals surface area contributed by atoms with Gasteiger partial charge in [0.2, 0.25) is 15.9 Å². The number of hydrogen-bond acceptors (Lipinski definition) is 5. The molecule has 10 heteroatoms. The van der Waals surface area contributed by atoms with Crippen molar-refractivity contribution in [1.82, 2.24) is 14.5 Å². The maximum atomic E-state index is 13.4. The number of carbonyl (C=O) groups excluding carboxylic acids is 3. The predicted octanol–water partition coefficient (Wildman–Crippen LogP) is 3.05. The molecule has 1 atom stereocenters. The molecule has 1 aliphatic carbocycles. The predicted molar refractivity (Wildman–Crippen MR) is 131 cm³/mol. The van der Waals surface area contributed by atoms with Crippen LogP contribution >= 0.6 is 0 Å². The molecule has 2 N–H and O–H groups in total. The lowest BCUT2D eigenvalue weighted by Crippen LogP contribution is -2.42. The van der Waals surface area contributed by atoms with Crippen LogP contribution in [-0.4, -0.2) is 55.1 Å². The molecular formula is C25H30N4O5S. The molecular weight excluding hydrogens is 468 g/mol. The third kappa shape index (κ3) is 4.81. The minimum atomic E-state index is -3.86. The van der Waals surface area contributed by atoms with Gasteiger partial charge in [0.1, 0.15) is 17.0 Å². The number of sulfonamides is 1. The van der Waals surface area contributed by atoms with E-state index in [0.717, 1.165) is 37.0 Å². The molecule has 0 radical (unpaired) electrons. The Labute approximate surface area is 205 Å². The van der Waals surface area contributed by atoms with Gasteiger partial charge >= 0.3 is 6.03 Å². The van der Waals surface area contributed by atoms with E-state index in [1.165, 1.54) is 16.4 Å². The summed E-state index contributed by atoms with van der Waals surface area (Å²) < 4.78 is 28.1. The van der Waals surface area contributed by atoms with Gasteiger partial charge in [-0.1, -0.05) is 61.7 Å². The van der Waals surface area contributed by atoms with Crippen molar-refractivity contribution in [3.05, 3.63) is 60.2 Å². The fourth-order valence-corrected chi connectivity index (χ4v) is 6.29. The average Bonchev–Trinajstić information content (AvgIpc) is 3.08. The SMILES string of the molecule is CN(C1CCCCC1)S(=O)(=O)c1ccccc1NC(=O)CN1C(=O)NC(C)(c2ccccc2)C1=O. The first-order chi connectivity index (χ1) is 16.6. The van der Waals surface area contributed by atoms with Crippen molar-refractivity contribution in [2.45, 2.75) is 55.5 Å². The number of para-hydroxylation sites is 1. The van der Waals surface area contributed by atoms with E-state index in [4.69, 9.17) is 0 Å². The highest BCUT2D eigenvalue weighted by Gasteiger charge is 2.49. The number of anilines is 1. The number of nitrogens with zero attached hydrogens (tertiary/aromatic N) is 2. The zero-order chi connectivity index (χ0) is 25.2. The first kappa shape index (κ1) is 24.9. The Bertz CT molecular complexity index is 1230. The maximum absolute atomic E-state index is 13.4. The number of nitrogens with one attached hydrogen (secondary N) is 2. The molecule has 4 rings (SSSR count).